The molecule has 0 bridgehead atoms. The van der Waals surface area contributed by atoms with E-state index in [1.807, 2.05) is 42.5 Å². The lowest BCUT2D eigenvalue weighted by Gasteiger charge is -2.27. The number of methoxy groups -OCH3 is 2. The monoisotopic (exact) mass is 540 g/mol. The molecule has 4 rings (SSSR count). The van der Waals surface area contributed by atoms with E-state index in [9.17, 15) is 19.6 Å². The van der Waals surface area contributed by atoms with Crippen molar-refractivity contribution in [2.45, 2.75) is 20.3 Å². The van der Waals surface area contributed by atoms with Crippen LogP contribution >= 0.6 is 0 Å². The maximum absolute atomic E-state index is 13.6. The third kappa shape index (κ3) is 5.63. The van der Waals surface area contributed by atoms with Crippen LogP contribution in [-0.4, -0.2) is 59.8 Å². The van der Waals surface area contributed by atoms with Crippen LogP contribution in [0.5, 0.6) is 11.5 Å². The van der Waals surface area contributed by atoms with Crippen LogP contribution in [-0.2, 0) is 19.1 Å². The van der Waals surface area contributed by atoms with E-state index < -0.39 is 17.8 Å². The van der Waals surface area contributed by atoms with Crippen molar-refractivity contribution in [3.8, 4) is 34.5 Å². The quantitative estimate of drug-likeness (QED) is 0.172. The minimum absolute atomic E-state index is 0.00738. The number of esters is 1. The molecular weight excluding hydrogens is 512 g/mol. The van der Waals surface area contributed by atoms with Gasteiger partial charge in [-0.3, -0.25) is 19.3 Å². The average molecular weight is 541 g/mol. The lowest BCUT2D eigenvalue weighted by Crippen LogP contribution is -2.43. The number of ether oxygens (including phenoxy) is 3. The molecule has 3 aromatic rings. The first kappa shape index (κ1) is 27.9. The third-order valence-corrected chi connectivity index (χ3v) is 6.38. The van der Waals surface area contributed by atoms with Gasteiger partial charge in [0.05, 0.1) is 26.5 Å². The molecule has 1 aliphatic rings. The number of carbonyl (C=O) groups is 3. The summed E-state index contributed by atoms with van der Waals surface area (Å²) in [4.78, 5) is 38.6. The minimum Gasteiger partial charge on any atom is -0.493 e. The zero-order valence-electron chi connectivity index (χ0n) is 22.6. The van der Waals surface area contributed by atoms with Crippen LogP contribution in [0, 0.1) is 11.3 Å². The second kappa shape index (κ2) is 12.1. The van der Waals surface area contributed by atoms with E-state index in [0.29, 0.717) is 28.3 Å². The number of hydrogen-bond donors (Lipinski definition) is 0. The number of aromatic nitrogens is 2. The van der Waals surface area contributed by atoms with Crippen LogP contribution < -0.4 is 9.47 Å². The zero-order valence-corrected chi connectivity index (χ0v) is 22.6. The van der Waals surface area contributed by atoms with Gasteiger partial charge in [-0.15, -0.1) is 0 Å². The highest BCUT2D eigenvalue weighted by Crippen LogP contribution is 2.35. The molecule has 204 valence electrons. The van der Waals surface area contributed by atoms with Crippen molar-refractivity contribution in [3.05, 3.63) is 77.0 Å². The molecule has 1 aliphatic heterocycles. The highest BCUT2D eigenvalue weighted by molar-refractivity contribution is 6.19. The van der Waals surface area contributed by atoms with E-state index in [2.05, 4.69) is 0 Å². The largest absolute Gasteiger partial charge is 0.493 e. The Kier molecular flexibility index (Phi) is 8.45. The van der Waals surface area contributed by atoms with Gasteiger partial charge in [0.1, 0.15) is 17.3 Å². The molecule has 0 atom stereocenters. The van der Waals surface area contributed by atoms with Crippen LogP contribution in [0.15, 0.2) is 71.4 Å². The van der Waals surface area contributed by atoms with Crippen LogP contribution in [0.4, 0.5) is 0 Å². The molecule has 0 N–H and O–H groups in total. The summed E-state index contributed by atoms with van der Waals surface area (Å²) < 4.78 is 17.5. The van der Waals surface area contributed by atoms with Crippen LogP contribution in [0.2, 0.25) is 0 Å². The Morgan fingerprint density at radius 3 is 2.42 bits per heavy atom. The first-order valence-corrected chi connectivity index (χ1v) is 12.5. The average Bonchev–Trinajstić information content (AvgIpc) is 3.39. The summed E-state index contributed by atoms with van der Waals surface area (Å²) in [6.07, 6.45) is 3.66. The molecular formula is C30H28N4O6. The molecule has 1 aromatic heterocycles. The maximum Gasteiger partial charge on any atom is 0.302 e. The van der Waals surface area contributed by atoms with E-state index in [1.165, 1.54) is 6.92 Å². The van der Waals surface area contributed by atoms with Gasteiger partial charge in [-0.1, -0.05) is 18.2 Å². The topological polar surface area (TPSA) is 124 Å². The Bertz CT molecular complexity index is 1560. The second-order valence-corrected chi connectivity index (χ2v) is 8.91. The summed E-state index contributed by atoms with van der Waals surface area (Å²) >= 11 is 0. The molecule has 0 aliphatic carbocycles. The lowest BCUT2D eigenvalue weighted by molar-refractivity contribution is -0.141. The number of benzene rings is 2. The SMILES string of the molecule is COc1ccc(-c2nn(-c3ccccc3)cc2C=C2C(=O)N(CCCOC(C)=O)C(=O)C(C#N)=C2C)cc1OC. The number of rotatable bonds is 9. The minimum atomic E-state index is -0.676. The highest BCUT2D eigenvalue weighted by atomic mass is 16.5. The van der Waals surface area contributed by atoms with Crippen LogP contribution in [0.1, 0.15) is 25.8 Å². The molecule has 40 heavy (non-hydrogen) atoms. The number of nitrogens with zero attached hydrogens (tertiary/aromatic N) is 4. The van der Waals surface area contributed by atoms with Gasteiger partial charge in [0.15, 0.2) is 11.5 Å². The number of hydrogen-bond acceptors (Lipinski definition) is 8. The fraction of sp³-hybridized carbons (Fsp3) is 0.233. The predicted octanol–water partition coefficient (Wildman–Crippen LogP) is 4.10. The Hall–Kier alpha value is -5.17. The molecule has 2 heterocycles. The van der Waals surface area contributed by atoms with Crippen molar-refractivity contribution in [3.63, 3.8) is 0 Å². The Morgan fingerprint density at radius 2 is 1.77 bits per heavy atom. The number of para-hydroxylation sites is 1. The summed E-state index contributed by atoms with van der Waals surface area (Å²) in [6, 6.07) is 16.8. The lowest BCUT2D eigenvalue weighted by atomic mass is 9.93. The molecule has 10 heteroatoms. The van der Waals surface area contributed by atoms with E-state index in [-0.39, 0.29) is 36.3 Å². The van der Waals surface area contributed by atoms with Crippen molar-refractivity contribution < 1.29 is 28.6 Å². The summed E-state index contributed by atoms with van der Waals surface area (Å²) in [7, 11) is 3.09. The van der Waals surface area contributed by atoms with Crippen molar-refractivity contribution in [2.75, 3.05) is 27.4 Å². The van der Waals surface area contributed by atoms with Gasteiger partial charge in [-0.25, -0.2) is 4.68 Å². The Morgan fingerprint density at radius 1 is 1.05 bits per heavy atom. The van der Waals surface area contributed by atoms with Crippen molar-refractivity contribution in [1.82, 2.24) is 14.7 Å². The molecule has 0 spiro atoms. The van der Waals surface area contributed by atoms with Gasteiger partial charge in [-0.2, -0.15) is 10.4 Å². The Labute approximate surface area is 231 Å². The van der Waals surface area contributed by atoms with E-state index in [0.717, 1.165) is 10.6 Å². The predicted molar refractivity (Wildman–Crippen MR) is 146 cm³/mol. The van der Waals surface area contributed by atoms with Gasteiger partial charge >= 0.3 is 5.97 Å². The molecule has 0 fully saturated rings. The first-order valence-electron chi connectivity index (χ1n) is 12.5. The highest BCUT2D eigenvalue weighted by Gasteiger charge is 2.35. The Balaban J connectivity index is 1.83. The number of imide groups is 1. The van der Waals surface area contributed by atoms with Crippen molar-refractivity contribution in [1.29, 1.82) is 5.26 Å². The molecule has 2 aromatic carbocycles. The molecule has 0 unspecified atom stereocenters. The van der Waals surface area contributed by atoms with Gasteiger partial charge < -0.3 is 14.2 Å². The van der Waals surface area contributed by atoms with Gasteiger partial charge in [0.25, 0.3) is 11.8 Å². The number of carbonyl (C=O) groups excluding carboxylic acids is 3. The molecule has 0 radical (unpaired) electrons. The number of amides is 2. The fourth-order valence-corrected chi connectivity index (χ4v) is 4.34. The van der Waals surface area contributed by atoms with E-state index >= 15 is 0 Å². The molecule has 2 amide bonds. The molecule has 10 nitrogen and oxygen atoms in total. The summed E-state index contributed by atoms with van der Waals surface area (Å²) in [5, 5.41) is 14.6. The standard InChI is InChI=1S/C30H28N4O6/c1-19-24(29(36)33(30(37)25(19)17-31)13-8-14-40-20(2)35)15-22-18-34(23-9-6-5-7-10-23)32-28(22)21-11-12-26(38-3)27(16-21)39-4/h5-7,9-12,15-16,18H,8,13-14H2,1-4H3. The number of nitriles is 1. The van der Waals surface area contributed by atoms with Gasteiger partial charge in [0, 0.05) is 36.4 Å². The zero-order chi connectivity index (χ0) is 28.8. The maximum atomic E-state index is 13.6. The normalized spacial score (nSPS) is 14.4. The van der Waals surface area contributed by atoms with E-state index in [4.69, 9.17) is 19.3 Å². The third-order valence-electron chi connectivity index (χ3n) is 6.38. The smallest absolute Gasteiger partial charge is 0.302 e. The second-order valence-electron chi connectivity index (χ2n) is 8.91. The summed E-state index contributed by atoms with van der Waals surface area (Å²) in [6.45, 7) is 2.90. The molecule has 0 saturated heterocycles. The van der Waals surface area contributed by atoms with Crippen molar-refractivity contribution >= 4 is 23.9 Å². The summed E-state index contributed by atoms with van der Waals surface area (Å²) in [5.74, 6) is -0.617. The molecule has 0 saturated carbocycles. The van der Waals surface area contributed by atoms with E-state index in [1.54, 1.807) is 50.2 Å². The summed E-state index contributed by atoms with van der Waals surface area (Å²) in [5.41, 5.74) is 2.99. The van der Waals surface area contributed by atoms with Crippen molar-refractivity contribution in [2.24, 2.45) is 0 Å². The van der Waals surface area contributed by atoms with Crippen LogP contribution in [0.25, 0.3) is 23.0 Å². The van der Waals surface area contributed by atoms with Gasteiger partial charge in [-0.05, 0) is 55.3 Å². The van der Waals surface area contributed by atoms with Crippen LogP contribution in [0.3, 0.4) is 0 Å². The first-order chi connectivity index (χ1) is 19.3. The van der Waals surface area contributed by atoms with Gasteiger partial charge in [0.2, 0.25) is 0 Å². The fourth-order valence-electron chi connectivity index (χ4n) is 4.34.